The zero-order valence-electron chi connectivity index (χ0n) is 17.8. The minimum atomic E-state index is 0. The van der Waals surface area contributed by atoms with E-state index in [1.165, 1.54) is 11.3 Å². The number of carbonyl (C=O) groups excluding carboxylic acids is 1. The fourth-order valence-corrected chi connectivity index (χ4v) is 5.23. The number of piperazine rings is 1. The highest BCUT2D eigenvalue weighted by atomic mass is 35.5. The molecule has 1 spiro atoms. The van der Waals surface area contributed by atoms with E-state index in [4.69, 9.17) is 4.98 Å². The van der Waals surface area contributed by atoms with Gasteiger partial charge in [0.25, 0.3) is 0 Å². The SMILES string of the molecule is Cl.Cl.O=C(CN1CCCC2(CCc3cnc(-c4ccccc4)nc32)C1)N1CCNCC1. The first-order valence-electron chi connectivity index (χ1n) is 10.9. The van der Waals surface area contributed by atoms with Crippen molar-refractivity contribution in [3.05, 3.63) is 47.8 Å². The molecule has 1 N–H and O–H groups in total. The molecule has 1 unspecified atom stereocenters. The van der Waals surface area contributed by atoms with Gasteiger partial charge in [-0.25, -0.2) is 9.97 Å². The number of hydrogen-bond donors (Lipinski definition) is 1. The van der Waals surface area contributed by atoms with E-state index < -0.39 is 0 Å². The summed E-state index contributed by atoms with van der Waals surface area (Å²) in [5.41, 5.74) is 3.66. The number of amides is 1. The lowest BCUT2D eigenvalue weighted by atomic mass is 9.77. The minimum absolute atomic E-state index is 0. The summed E-state index contributed by atoms with van der Waals surface area (Å²) in [6, 6.07) is 10.2. The number of benzene rings is 1. The molecule has 2 fully saturated rings. The van der Waals surface area contributed by atoms with E-state index in [2.05, 4.69) is 27.3 Å². The van der Waals surface area contributed by atoms with Crippen LogP contribution in [0, 0.1) is 0 Å². The Morgan fingerprint density at radius 2 is 1.84 bits per heavy atom. The van der Waals surface area contributed by atoms with Crippen molar-refractivity contribution in [3.63, 3.8) is 0 Å². The van der Waals surface area contributed by atoms with Crippen LogP contribution in [0.5, 0.6) is 0 Å². The molecule has 8 heteroatoms. The summed E-state index contributed by atoms with van der Waals surface area (Å²) in [5, 5.41) is 3.32. The molecule has 0 radical (unpaired) electrons. The van der Waals surface area contributed by atoms with Crippen LogP contribution < -0.4 is 5.32 Å². The molecule has 1 aromatic heterocycles. The van der Waals surface area contributed by atoms with Crippen molar-refractivity contribution in [1.29, 1.82) is 0 Å². The second kappa shape index (κ2) is 10.3. The Kier molecular flexibility index (Phi) is 7.92. The summed E-state index contributed by atoms with van der Waals surface area (Å²) in [4.78, 5) is 26.9. The number of piperidine rings is 1. The first-order chi connectivity index (χ1) is 14.2. The summed E-state index contributed by atoms with van der Waals surface area (Å²) < 4.78 is 0. The van der Waals surface area contributed by atoms with Crippen LogP contribution in [0.2, 0.25) is 0 Å². The zero-order valence-corrected chi connectivity index (χ0v) is 19.4. The van der Waals surface area contributed by atoms with Gasteiger partial charge < -0.3 is 10.2 Å². The van der Waals surface area contributed by atoms with Crippen molar-refractivity contribution in [1.82, 2.24) is 25.1 Å². The number of likely N-dealkylation sites (tertiary alicyclic amines) is 1. The maximum absolute atomic E-state index is 12.8. The number of aromatic nitrogens is 2. The smallest absolute Gasteiger partial charge is 0.236 e. The molecule has 1 aliphatic carbocycles. The third-order valence-electron chi connectivity index (χ3n) is 6.76. The van der Waals surface area contributed by atoms with Crippen molar-refractivity contribution >= 4 is 30.7 Å². The lowest BCUT2D eigenvalue weighted by molar-refractivity contribution is -0.133. The number of fused-ring (bicyclic) bond motifs is 2. The van der Waals surface area contributed by atoms with Gasteiger partial charge in [0.1, 0.15) is 0 Å². The largest absolute Gasteiger partial charge is 0.339 e. The van der Waals surface area contributed by atoms with Gasteiger partial charge in [0.2, 0.25) is 5.91 Å². The van der Waals surface area contributed by atoms with Crippen molar-refractivity contribution in [2.75, 3.05) is 45.8 Å². The number of nitrogens with zero attached hydrogens (tertiary/aromatic N) is 4. The van der Waals surface area contributed by atoms with Crippen molar-refractivity contribution < 1.29 is 4.79 Å². The van der Waals surface area contributed by atoms with Crippen LogP contribution in [0.15, 0.2) is 36.5 Å². The van der Waals surface area contributed by atoms with Crippen LogP contribution in [0.4, 0.5) is 0 Å². The lowest BCUT2D eigenvalue weighted by Gasteiger charge is -2.41. The molecular weight excluding hydrogens is 433 g/mol. The number of hydrogen-bond acceptors (Lipinski definition) is 5. The van der Waals surface area contributed by atoms with Crippen molar-refractivity contribution in [2.45, 2.75) is 31.1 Å². The van der Waals surface area contributed by atoms with E-state index >= 15 is 0 Å². The highest BCUT2D eigenvalue weighted by Gasteiger charge is 2.44. The zero-order chi connectivity index (χ0) is 19.7. The van der Waals surface area contributed by atoms with Crippen molar-refractivity contribution in [3.8, 4) is 11.4 Å². The molecule has 5 rings (SSSR count). The molecule has 3 aliphatic rings. The topological polar surface area (TPSA) is 61.4 Å². The first kappa shape index (κ1) is 23.9. The maximum Gasteiger partial charge on any atom is 0.236 e. The minimum Gasteiger partial charge on any atom is -0.339 e. The predicted octanol–water partition coefficient (Wildman–Crippen LogP) is 2.70. The summed E-state index contributed by atoms with van der Waals surface area (Å²) in [7, 11) is 0. The molecule has 31 heavy (non-hydrogen) atoms. The lowest BCUT2D eigenvalue weighted by Crippen LogP contribution is -2.52. The molecule has 2 aromatic rings. The van der Waals surface area contributed by atoms with Crippen LogP contribution in [-0.4, -0.2) is 71.5 Å². The normalized spacial score (nSPS) is 23.0. The van der Waals surface area contributed by atoms with E-state index in [1.54, 1.807) is 0 Å². The Bertz CT molecular complexity index is 887. The Hall–Kier alpha value is -1.73. The highest BCUT2D eigenvalue weighted by Crippen LogP contribution is 2.44. The van der Waals surface area contributed by atoms with Crippen LogP contribution >= 0.6 is 24.8 Å². The molecule has 2 saturated heterocycles. The van der Waals surface area contributed by atoms with Gasteiger partial charge in [0.05, 0.1) is 12.2 Å². The molecule has 6 nitrogen and oxygen atoms in total. The number of rotatable bonds is 3. The van der Waals surface area contributed by atoms with E-state index in [0.717, 1.165) is 76.3 Å². The number of nitrogens with one attached hydrogen (secondary N) is 1. The van der Waals surface area contributed by atoms with Gasteiger partial charge in [-0.05, 0) is 37.8 Å². The summed E-state index contributed by atoms with van der Waals surface area (Å²) in [5.74, 6) is 1.09. The molecular formula is C23H31Cl2N5O. The van der Waals surface area contributed by atoms with Gasteiger partial charge in [-0.15, -0.1) is 24.8 Å². The second-order valence-corrected chi connectivity index (χ2v) is 8.66. The first-order valence-corrected chi connectivity index (χ1v) is 10.9. The monoisotopic (exact) mass is 463 g/mol. The fourth-order valence-electron chi connectivity index (χ4n) is 5.23. The number of carbonyl (C=O) groups is 1. The summed E-state index contributed by atoms with van der Waals surface area (Å²) in [6.07, 6.45) is 6.48. The van der Waals surface area contributed by atoms with Crippen molar-refractivity contribution in [2.24, 2.45) is 0 Å². The molecule has 168 valence electrons. The van der Waals surface area contributed by atoms with E-state index in [1.807, 2.05) is 29.3 Å². The molecule has 1 atom stereocenters. The van der Waals surface area contributed by atoms with Crippen LogP contribution in [0.1, 0.15) is 30.5 Å². The Labute approximate surface area is 196 Å². The van der Waals surface area contributed by atoms with E-state index in [0.29, 0.717) is 6.54 Å². The van der Waals surface area contributed by atoms with Gasteiger partial charge in [-0.1, -0.05) is 30.3 Å². The van der Waals surface area contributed by atoms with Gasteiger partial charge in [0.15, 0.2) is 5.82 Å². The van der Waals surface area contributed by atoms with Gasteiger partial charge >= 0.3 is 0 Å². The molecule has 3 heterocycles. The molecule has 1 aromatic carbocycles. The Morgan fingerprint density at radius 1 is 1.06 bits per heavy atom. The summed E-state index contributed by atoms with van der Waals surface area (Å²) in [6.45, 7) is 5.94. The average molecular weight is 464 g/mol. The van der Waals surface area contributed by atoms with Crippen LogP contribution in [0.3, 0.4) is 0 Å². The second-order valence-electron chi connectivity index (χ2n) is 8.66. The third-order valence-corrected chi connectivity index (χ3v) is 6.76. The Morgan fingerprint density at radius 3 is 2.61 bits per heavy atom. The van der Waals surface area contributed by atoms with Crippen LogP contribution in [0.25, 0.3) is 11.4 Å². The van der Waals surface area contributed by atoms with E-state index in [9.17, 15) is 4.79 Å². The highest BCUT2D eigenvalue weighted by molar-refractivity contribution is 5.85. The molecule has 2 aliphatic heterocycles. The fraction of sp³-hybridized carbons (Fsp3) is 0.522. The molecule has 1 amide bonds. The van der Waals surface area contributed by atoms with Crippen LogP contribution in [-0.2, 0) is 16.6 Å². The summed E-state index contributed by atoms with van der Waals surface area (Å²) >= 11 is 0. The molecule has 0 bridgehead atoms. The molecule has 0 saturated carbocycles. The van der Waals surface area contributed by atoms with Gasteiger partial charge in [-0.2, -0.15) is 0 Å². The maximum atomic E-state index is 12.8. The number of aryl methyl sites for hydroxylation is 1. The van der Waals surface area contributed by atoms with E-state index in [-0.39, 0.29) is 36.1 Å². The Balaban J connectivity index is 0.00000136. The van der Waals surface area contributed by atoms with Gasteiger partial charge in [0, 0.05) is 49.9 Å². The van der Waals surface area contributed by atoms with Gasteiger partial charge in [-0.3, -0.25) is 9.69 Å². The number of halogens is 2. The predicted molar refractivity (Wildman–Crippen MR) is 127 cm³/mol. The quantitative estimate of drug-likeness (QED) is 0.757. The standard InChI is InChI=1S/C23H29N5O.2ClH/c29-20(28-13-10-24-11-14-28)16-27-12-4-8-23(17-27)9-7-19-15-25-22(26-21(19)23)18-5-2-1-3-6-18;;/h1-3,5-6,15,24H,4,7-14,16-17H2;2*1H. The third kappa shape index (κ3) is 4.87. The average Bonchev–Trinajstić information content (AvgIpc) is 3.12.